The number of carbonyl (C=O) groups excluding carboxylic acids is 1. The van der Waals surface area contributed by atoms with Gasteiger partial charge in [0.25, 0.3) is 11.8 Å². The zero-order valence-electron chi connectivity index (χ0n) is 22.8. The number of nitrogen functional groups attached to an aromatic ring is 1. The van der Waals surface area contributed by atoms with Crippen LogP contribution in [-0.4, -0.2) is 73.2 Å². The third-order valence-corrected chi connectivity index (χ3v) is 6.18. The van der Waals surface area contributed by atoms with E-state index < -0.39 is 47.0 Å². The molecule has 1 fully saturated rings. The second-order valence-electron chi connectivity index (χ2n) is 9.44. The maximum absolute atomic E-state index is 15.7. The number of hydrogen-bond donors (Lipinski definition) is 3. The minimum atomic E-state index is -1.27. The molecule has 0 amide bonds. The molecule has 11 nitrogen and oxygen atoms in total. The van der Waals surface area contributed by atoms with Crippen molar-refractivity contribution in [2.45, 2.75) is 19.4 Å². The number of phenols is 1. The normalized spacial score (nSPS) is 14.9. The molecule has 4 rings (SSSR count). The van der Waals surface area contributed by atoms with E-state index in [0.29, 0.717) is 13.0 Å². The Morgan fingerprint density at radius 1 is 1.17 bits per heavy atom. The van der Waals surface area contributed by atoms with Gasteiger partial charge in [0.05, 0.1) is 13.2 Å². The van der Waals surface area contributed by atoms with E-state index in [9.17, 15) is 9.90 Å². The summed E-state index contributed by atoms with van der Waals surface area (Å²) in [5.41, 5.74) is 6.48. The van der Waals surface area contributed by atoms with Gasteiger partial charge < -0.3 is 34.7 Å². The highest BCUT2D eigenvalue weighted by atomic mass is 19.1. The van der Waals surface area contributed by atoms with Crippen LogP contribution in [0.2, 0.25) is 0 Å². The number of benzene rings is 2. The van der Waals surface area contributed by atoms with Crippen molar-refractivity contribution in [3.05, 3.63) is 59.7 Å². The molecule has 0 radical (unpaired) electrons. The van der Waals surface area contributed by atoms with Crippen LogP contribution in [0, 0.1) is 17.0 Å². The molecule has 41 heavy (non-hydrogen) atoms. The van der Waals surface area contributed by atoms with Gasteiger partial charge in [0.2, 0.25) is 17.4 Å². The molecule has 1 saturated heterocycles. The predicted molar refractivity (Wildman–Crippen MR) is 146 cm³/mol. The lowest BCUT2D eigenvalue weighted by atomic mass is 10.2. The van der Waals surface area contributed by atoms with Gasteiger partial charge in [0.15, 0.2) is 11.5 Å². The lowest BCUT2D eigenvalue weighted by Crippen LogP contribution is -2.31. The Hall–Kier alpha value is -4.65. The third-order valence-electron chi connectivity index (χ3n) is 6.18. The van der Waals surface area contributed by atoms with Crippen LogP contribution in [0.3, 0.4) is 0 Å². The molecule has 2 heterocycles. The Kier molecular flexibility index (Phi) is 9.07. The zero-order chi connectivity index (χ0) is 29.7. The number of nitrogens with zero attached hydrogens (tertiary/aromatic N) is 3. The van der Waals surface area contributed by atoms with E-state index in [1.165, 1.54) is 18.2 Å². The molecule has 1 aliphatic rings. The lowest BCUT2D eigenvalue weighted by molar-refractivity contribution is -0.144. The number of hydrogen-bond acceptors (Lipinski definition) is 10. The molecule has 1 aromatic heterocycles. The Morgan fingerprint density at radius 2 is 1.90 bits per heavy atom. The van der Waals surface area contributed by atoms with E-state index in [2.05, 4.69) is 4.98 Å². The fourth-order valence-corrected chi connectivity index (χ4v) is 4.12. The SMILES string of the molecule is CCOC(=O)CN1CCC(Oc2c(F)c(Oc3cccc(N(C)C)c3)nc(Oc3cc(C(=N)N)ccc3O)c2F)C1. The Bertz CT molecular complexity index is 1440. The van der Waals surface area contributed by atoms with Gasteiger partial charge in [0, 0.05) is 44.5 Å². The van der Waals surface area contributed by atoms with Gasteiger partial charge in [-0.15, -0.1) is 0 Å². The number of rotatable bonds is 11. The average Bonchev–Trinajstić information content (AvgIpc) is 3.37. The van der Waals surface area contributed by atoms with E-state index in [1.807, 2.05) is 25.1 Å². The monoisotopic (exact) mass is 571 g/mol. The summed E-state index contributed by atoms with van der Waals surface area (Å²) in [6.07, 6.45) is -0.276. The van der Waals surface area contributed by atoms with Crippen LogP contribution in [0.15, 0.2) is 42.5 Å². The number of pyridine rings is 1. The van der Waals surface area contributed by atoms with Crippen LogP contribution in [0.25, 0.3) is 0 Å². The van der Waals surface area contributed by atoms with E-state index in [1.54, 1.807) is 30.0 Å². The van der Waals surface area contributed by atoms with Gasteiger partial charge >= 0.3 is 5.97 Å². The molecule has 4 N–H and O–H groups in total. The number of ether oxygens (including phenoxy) is 4. The van der Waals surface area contributed by atoms with Gasteiger partial charge in [-0.25, -0.2) is 0 Å². The van der Waals surface area contributed by atoms with Crippen molar-refractivity contribution in [3.8, 4) is 34.8 Å². The molecule has 3 aromatic rings. The molecule has 0 saturated carbocycles. The number of amidine groups is 1. The highest BCUT2D eigenvalue weighted by molar-refractivity contribution is 5.95. The van der Waals surface area contributed by atoms with Gasteiger partial charge in [-0.1, -0.05) is 6.07 Å². The van der Waals surface area contributed by atoms with Crippen molar-refractivity contribution < 1.29 is 37.6 Å². The largest absolute Gasteiger partial charge is 0.504 e. The second-order valence-corrected chi connectivity index (χ2v) is 9.44. The molecule has 0 bridgehead atoms. The first-order chi connectivity index (χ1) is 19.5. The summed E-state index contributed by atoms with van der Waals surface area (Å²) in [7, 11) is 3.64. The Morgan fingerprint density at radius 3 is 2.59 bits per heavy atom. The molecule has 218 valence electrons. The third kappa shape index (κ3) is 7.11. The maximum Gasteiger partial charge on any atom is 0.320 e. The zero-order valence-corrected chi connectivity index (χ0v) is 22.8. The molecule has 1 atom stereocenters. The first kappa shape index (κ1) is 29.3. The number of halogens is 2. The summed E-state index contributed by atoms with van der Waals surface area (Å²) in [6, 6.07) is 10.5. The Balaban J connectivity index is 1.68. The van der Waals surface area contributed by atoms with Crippen LogP contribution in [0.4, 0.5) is 14.5 Å². The number of carbonyl (C=O) groups is 1. The van der Waals surface area contributed by atoms with Gasteiger partial charge in [-0.3, -0.25) is 15.1 Å². The molecule has 1 unspecified atom stereocenters. The summed E-state index contributed by atoms with van der Waals surface area (Å²) >= 11 is 0. The average molecular weight is 572 g/mol. The van der Waals surface area contributed by atoms with Gasteiger partial charge in [-0.05, 0) is 43.7 Å². The topological polar surface area (TPSA) is 143 Å². The minimum Gasteiger partial charge on any atom is -0.504 e. The summed E-state index contributed by atoms with van der Waals surface area (Å²) in [4.78, 5) is 19.3. The van der Waals surface area contributed by atoms with Gasteiger partial charge in [-0.2, -0.15) is 13.8 Å². The van der Waals surface area contributed by atoms with Gasteiger partial charge in [0.1, 0.15) is 17.7 Å². The fraction of sp³-hybridized carbons (Fsp3) is 0.321. The van der Waals surface area contributed by atoms with Crippen LogP contribution in [0.1, 0.15) is 18.9 Å². The first-order valence-electron chi connectivity index (χ1n) is 12.8. The van der Waals surface area contributed by atoms with E-state index in [0.717, 1.165) is 5.69 Å². The quantitative estimate of drug-likeness (QED) is 0.175. The highest BCUT2D eigenvalue weighted by Gasteiger charge is 2.31. The smallest absolute Gasteiger partial charge is 0.320 e. The molecule has 2 aromatic carbocycles. The number of anilines is 1. The lowest BCUT2D eigenvalue weighted by Gasteiger charge is -2.19. The number of nitrogens with one attached hydrogen (secondary N) is 1. The number of aromatic hydroxyl groups is 1. The number of esters is 1. The number of likely N-dealkylation sites (tertiary alicyclic amines) is 1. The van der Waals surface area contributed by atoms with Crippen LogP contribution in [0.5, 0.6) is 34.8 Å². The van der Waals surface area contributed by atoms with Crippen LogP contribution < -0.4 is 24.8 Å². The predicted octanol–water partition coefficient (Wildman–Crippen LogP) is 4.02. The number of nitrogens with two attached hydrogens (primary N) is 1. The molecule has 0 spiro atoms. The van der Waals surface area contributed by atoms with Crippen molar-refractivity contribution in [1.82, 2.24) is 9.88 Å². The van der Waals surface area contributed by atoms with Crippen LogP contribution in [-0.2, 0) is 9.53 Å². The van der Waals surface area contributed by atoms with Crippen molar-refractivity contribution in [1.29, 1.82) is 5.41 Å². The van der Waals surface area contributed by atoms with Crippen molar-refractivity contribution in [2.24, 2.45) is 5.73 Å². The summed E-state index contributed by atoms with van der Waals surface area (Å²) in [5.74, 6) is -5.80. The highest BCUT2D eigenvalue weighted by Crippen LogP contribution is 2.40. The maximum atomic E-state index is 15.7. The van der Waals surface area contributed by atoms with E-state index in [4.69, 9.17) is 30.1 Å². The van der Waals surface area contributed by atoms with Crippen molar-refractivity contribution in [3.63, 3.8) is 0 Å². The molecular formula is C28H31F2N5O6. The first-order valence-corrected chi connectivity index (χ1v) is 12.8. The van der Waals surface area contributed by atoms with Crippen molar-refractivity contribution in [2.75, 3.05) is 45.2 Å². The fourth-order valence-electron chi connectivity index (χ4n) is 4.12. The van der Waals surface area contributed by atoms with E-state index >= 15 is 8.78 Å². The molecule has 1 aliphatic heterocycles. The molecular weight excluding hydrogens is 540 g/mol. The second kappa shape index (κ2) is 12.7. The molecule has 13 heteroatoms. The van der Waals surface area contributed by atoms with Crippen LogP contribution >= 0.6 is 0 Å². The summed E-state index contributed by atoms with van der Waals surface area (Å²) in [5, 5.41) is 17.9. The number of phenolic OH excluding ortho intramolecular Hbond substituents is 1. The van der Waals surface area contributed by atoms with E-state index in [-0.39, 0.29) is 42.6 Å². The number of aromatic nitrogens is 1. The standard InChI is InChI=1S/C28H31F2N5O6/c1-4-38-22(37)15-35-11-10-19(14-35)39-25-23(29)27(40-18-7-5-6-17(13-18)34(2)3)33-28(24(25)30)41-21-12-16(26(31)32)8-9-20(21)36/h5-9,12-13,19,36H,4,10-11,14-15H2,1-3H3,(H3,31,32). The minimum absolute atomic E-state index is 0.0196. The van der Waals surface area contributed by atoms with Crippen molar-refractivity contribution >= 4 is 17.5 Å². The Labute approximate surface area is 235 Å². The summed E-state index contributed by atoms with van der Waals surface area (Å²) < 4.78 is 53.4. The summed E-state index contributed by atoms with van der Waals surface area (Å²) in [6.45, 7) is 2.64. The molecule has 0 aliphatic carbocycles.